The largest absolute Gasteiger partial charge is 0.493 e. The number of carbonyl (C=O) groups is 3. The zero-order valence-corrected chi connectivity index (χ0v) is 23.3. The molecule has 5 fully saturated rings. The molecule has 0 spiro atoms. The first-order valence-electron chi connectivity index (χ1n) is 13.9. The van der Waals surface area contributed by atoms with Gasteiger partial charge in [0.25, 0.3) is 5.91 Å². The minimum atomic E-state index is -0.811. The molecular formula is C31H35ClN2O5. The van der Waals surface area contributed by atoms with Crippen LogP contribution in [0.2, 0.25) is 5.02 Å². The number of rotatable bonds is 8. The Labute approximate surface area is 234 Å². The van der Waals surface area contributed by atoms with Crippen LogP contribution >= 0.6 is 11.6 Å². The summed E-state index contributed by atoms with van der Waals surface area (Å²) in [5.41, 5.74) is 1.05. The molecule has 1 unspecified atom stereocenters. The molecule has 7 nitrogen and oxygen atoms in total. The van der Waals surface area contributed by atoms with Gasteiger partial charge in [-0.1, -0.05) is 17.7 Å². The van der Waals surface area contributed by atoms with Crippen LogP contribution in [0.25, 0.3) is 0 Å². The van der Waals surface area contributed by atoms with Gasteiger partial charge in [0.15, 0.2) is 11.5 Å². The summed E-state index contributed by atoms with van der Waals surface area (Å²) in [5.74, 6) is 2.48. The summed E-state index contributed by atoms with van der Waals surface area (Å²) in [7, 11) is 3.19. The van der Waals surface area contributed by atoms with E-state index in [2.05, 4.69) is 0 Å². The molecule has 0 N–H and O–H groups in total. The van der Waals surface area contributed by atoms with Crippen LogP contribution < -0.4 is 14.4 Å². The molecule has 0 radical (unpaired) electrons. The van der Waals surface area contributed by atoms with E-state index in [0.29, 0.717) is 52.9 Å². The fraction of sp³-hybridized carbons (Fsp3) is 0.516. The first kappa shape index (κ1) is 26.2. The summed E-state index contributed by atoms with van der Waals surface area (Å²) < 4.78 is 10.9. The SMILES string of the molecule is COc1ccc(CCN(C(=O)C23CC4CC(CC(C4)C2)C3)C2CC(=O)N(c3ccc(Cl)cc3)C2=O)cc1OC. The van der Waals surface area contributed by atoms with Gasteiger partial charge in [0.1, 0.15) is 6.04 Å². The van der Waals surface area contributed by atoms with Crippen molar-refractivity contribution >= 4 is 35.0 Å². The van der Waals surface area contributed by atoms with Crippen molar-refractivity contribution in [1.82, 2.24) is 4.90 Å². The maximum atomic E-state index is 14.6. The Morgan fingerprint density at radius 1 is 0.949 bits per heavy atom. The number of amides is 3. The highest BCUT2D eigenvalue weighted by molar-refractivity contribution is 6.31. The van der Waals surface area contributed by atoms with Crippen LogP contribution in [0.3, 0.4) is 0 Å². The number of nitrogens with zero attached hydrogens (tertiary/aromatic N) is 2. The van der Waals surface area contributed by atoms with E-state index in [-0.39, 0.29) is 24.1 Å². The number of anilines is 1. The lowest BCUT2D eigenvalue weighted by Crippen LogP contribution is -2.58. The van der Waals surface area contributed by atoms with Crippen LogP contribution in [-0.2, 0) is 20.8 Å². The van der Waals surface area contributed by atoms with Crippen LogP contribution in [0.4, 0.5) is 5.69 Å². The van der Waals surface area contributed by atoms with Crippen molar-refractivity contribution in [3.05, 3.63) is 53.1 Å². The summed E-state index contributed by atoms with van der Waals surface area (Å²) in [5, 5.41) is 0.530. The van der Waals surface area contributed by atoms with Crippen LogP contribution in [0.1, 0.15) is 50.5 Å². The van der Waals surface area contributed by atoms with E-state index in [1.807, 2.05) is 18.2 Å². The first-order valence-corrected chi connectivity index (χ1v) is 14.3. The third kappa shape index (κ3) is 4.69. The minimum Gasteiger partial charge on any atom is -0.493 e. The van der Waals surface area contributed by atoms with Crippen molar-refractivity contribution in [2.24, 2.45) is 23.2 Å². The zero-order chi connectivity index (χ0) is 27.3. The van der Waals surface area contributed by atoms with Crippen molar-refractivity contribution in [2.75, 3.05) is 25.7 Å². The lowest BCUT2D eigenvalue weighted by atomic mass is 9.49. The second kappa shape index (κ2) is 10.2. The minimum absolute atomic E-state index is 0.00843. The maximum absolute atomic E-state index is 14.6. The topological polar surface area (TPSA) is 76.2 Å². The number of hydrogen-bond acceptors (Lipinski definition) is 5. The van der Waals surface area contributed by atoms with Gasteiger partial charge in [0.05, 0.1) is 31.7 Å². The Balaban J connectivity index is 1.30. The monoisotopic (exact) mass is 550 g/mol. The average Bonchev–Trinajstić information content (AvgIpc) is 3.21. The fourth-order valence-corrected chi connectivity index (χ4v) is 8.21. The first-order chi connectivity index (χ1) is 18.8. The number of imide groups is 1. The predicted octanol–water partition coefficient (Wildman–Crippen LogP) is 5.28. The molecule has 7 rings (SSSR count). The van der Waals surface area contributed by atoms with E-state index in [1.54, 1.807) is 43.4 Å². The summed E-state index contributed by atoms with van der Waals surface area (Å²) in [4.78, 5) is 44.5. The highest BCUT2D eigenvalue weighted by Crippen LogP contribution is 2.60. The summed E-state index contributed by atoms with van der Waals surface area (Å²) >= 11 is 6.04. The predicted molar refractivity (Wildman–Crippen MR) is 148 cm³/mol. The fourth-order valence-electron chi connectivity index (χ4n) is 8.08. The smallest absolute Gasteiger partial charge is 0.257 e. The molecule has 3 amide bonds. The second-order valence-corrected chi connectivity index (χ2v) is 12.3. The molecule has 4 bridgehead atoms. The number of ether oxygens (including phenoxy) is 2. The van der Waals surface area contributed by atoms with Gasteiger partial charge >= 0.3 is 0 Å². The summed E-state index contributed by atoms with van der Waals surface area (Å²) in [6.45, 7) is 0.355. The van der Waals surface area contributed by atoms with Crippen molar-refractivity contribution in [3.8, 4) is 11.5 Å². The molecule has 5 aliphatic rings. The normalized spacial score (nSPS) is 29.2. The Morgan fingerprint density at radius 2 is 1.56 bits per heavy atom. The molecule has 4 aliphatic carbocycles. The van der Waals surface area contributed by atoms with Crippen molar-refractivity contribution in [3.63, 3.8) is 0 Å². The van der Waals surface area contributed by atoms with Gasteiger partial charge in [-0.3, -0.25) is 14.4 Å². The third-order valence-corrected chi connectivity index (χ3v) is 9.68. The van der Waals surface area contributed by atoms with E-state index in [4.69, 9.17) is 21.1 Å². The molecule has 1 aliphatic heterocycles. The Hall–Kier alpha value is -3.06. The lowest BCUT2D eigenvalue weighted by Gasteiger charge is -2.57. The second-order valence-electron chi connectivity index (χ2n) is 11.9. The molecule has 1 saturated heterocycles. The molecule has 2 aromatic rings. The zero-order valence-electron chi connectivity index (χ0n) is 22.5. The third-order valence-electron chi connectivity index (χ3n) is 9.43. The summed E-state index contributed by atoms with van der Waals surface area (Å²) in [6, 6.07) is 11.6. The number of methoxy groups -OCH3 is 2. The number of benzene rings is 2. The van der Waals surface area contributed by atoms with Crippen molar-refractivity contribution < 1.29 is 23.9 Å². The van der Waals surface area contributed by atoms with Crippen molar-refractivity contribution in [1.29, 1.82) is 0 Å². The van der Waals surface area contributed by atoms with Gasteiger partial charge in [-0.2, -0.15) is 0 Å². The maximum Gasteiger partial charge on any atom is 0.257 e. The quantitative estimate of drug-likeness (QED) is 0.418. The number of halogens is 1. The van der Waals surface area contributed by atoms with Gasteiger partial charge < -0.3 is 14.4 Å². The average molecular weight is 551 g/mol. The number of carbonyl (C=O) groups excluding carboxylic acids is 3. The molecule has 39 heavy (non-hydrogen) atoms. The van der Waals surface area contributed by atoms with Gasteiger partial charge in [-0.05, 0) is 105 Å². The standard InChI is InChI=1S/C31H35ClN2O5/c1-38-26-8-3-19(14-27(26)39-2)9-10-33(30(37)31-16-20-11-21(17-31)13-22(12-20)18-31)25-15-28(35)34(29(25)36)24-6-4-23(32)5-7-24/h3-8,14,20-22,25H,9-13,15-18H2,1-2H3. The van der Waals surface area contributed by atoms with Gasteiger partial charge in [0.2, 0.25) is 11.8 Å². The van der Waals surface area contributed by atoms with Crippen molar-refractivity contribution in [2.45, 2.75) is 57.4 Å². The lowest BCUT2D eigenvalue weighted by molar-refractivity contribution is -0.161. The Bertz CT molecular complexity index is 1260. The van der Waals surface area contributed by atoms with E-state index in [9.17, 15) is 14.4 Å². The molecule has 1 atom stereocenters. The van der Waals surface area contributed by atoms with Crippen LogP contribution in [0.5, 0.6) is 11.5 Å². The Morgan fingerprint density at radius 3 is 2.15 bits per heavy atom. The molecule has 0 aromatic heterocycles. The summed E-state index contributed by atoms with van der Waals surface area (Å²) in [6.07, 6.45) is 6.92. The van der Waals surface area contributed by atoms with Crippen LogP contribution in [0, 0.1) is 23.2 Å². The van der Waals surface area contributed by atoms with Crippen LogP contribution in [-0.4, -0.2) is 49.4 Å². The highest BCUT2D eigenvalue weighted by atomic mass is 35.5. The van der Waals surface area contributed by atoms with Crippen LogP contribution in [0.15, 0.2) is 42.5 Å². The van der Waals surface area contributed by atoms with E-state index < -0.39 is 11.5 Å². The molecule has 8 heteroatoms. The number of hydrogen-bond donors (Lipinski definition) is 0. The van der Waals surface area contributed by atoms with Gasteiger partial charge in [0, 0.05) is 11.6 Å². The molecule has 2 aromatic carbocycles. The van der Waals surface area contributed by atoms with E-state index in [1.165, 1.54) is 24.2 Å². The molecule has 1 heterocycles. The van der Waals surface area contributed by atoms with Gasteiger partial charge in [-0.25, -0.2) is 4.90 Å². The molecule has 206 valence electrons. The Kier molecular flexibility index (Phi) is 6.82. The van der Waals surface area contributed by atoms with Gasteiger partial charge in [-0.15, -0.1) is 0 Å². The van der Waals surface area contributed by atoms with E-state index >= 15 is 0 Å². The molecule has 4 saturated carbocycles. The molecular weight excluding hydrogens is 516 g/mol. The highest BCUT2D eigenvalue weighted by Gasteiger charge is 2.57. The van der Waals surface area contributed by atoms with E-state index in [0.717, 1.165) is 24.8 Å².